The number of benzene rings is 8. The maximum Gasteiger partial charge on any atom is 0.164 e. The number of rotatable bonds is 6. The molecule has 58 heavy (non-hydrogen) atoms. The summed E-state index contributed by atoms with van der Waals surface area (Å²) in [6.45, 7) is 4.60. The molecule has 0 amide bonds. The van der Waals surface area contributed by atoms with Crippen molar-refractivity contribution in [2.45, 2.75) is 19.3 Å². The zero-order chi connectivity index (χ0) is 38.8. The minimum Gasteiger partial charge on any atom is -0.208 e. The Morgan fingerprint density at radius 1 is 0.345 bits per heavy atom. The third-order valence-electron chi connectivity index (χ3n) is 11.8. The number of hydrogen-bond acceptors (Lipinski definition) is 4. The van der Waals surface area contributed by atoms with Crippen molar-refractivity contribution in [2.75, 3.05) is 0 Å². The second-order valence-electron chi connectivity index (χ2n) is 15.6. The van der Waals surface area contributed by atoms with E-state index in [-0.39, 0.29) is 5.41 Å². The van der Waals surface area contributed by atoms with Crippen molar-refractivity contribution in [1.29, 1.82) is 0 Å². The first-order valence-corrected chi connectivity index (χ1v) is 20.6. The van der Waals surface area contributed by atoms with Crippen molar-refractivity contribution >= 4 is 31.5 Å². The summed E-state index contributed by atoms with van der Waals surface area (Å²) < 4.78 is 2.65. The van der Waals surface area contributed by atoms with E-state index in [0.29, 0.717) is 17.5 Å². The van der Waals surface area contributed by atoms with Gasteiger partial charge >= 0.3 is 0 Å². The van der Waals surface area contributed by atoms with E-state index in [1.165, 1.54) is 64.7 Å². The molecule has 0 atom stereocenters. The van der Waals surface area contributed by atoms with Crippen LogP contribution in [0, 0.1) is 0 Å². The average molecular weight is 760 g/mol. The van der Waals surface area contributed by atoms with Gasteiger partial charge in [-0.1, -0.05) is 190 Å². The molecule has 10 aromatic rings. The zero-order valence-corrected chi connectivity index (χ0v) is 33.0. The van der Waals surface area contributed by atoms with Gasteiger partial charge in [-0.3, -0.25) is 0 Å². The largest absolute Gasteiger partial charge is 0.208 e. The van der Waals surface area contributed by atoms with Crippen molar-refractivity contribution in [3.8, 4) is 78.7 Å². The fourth-order valence-electron chi connectivity index (χ4n) is 8.81. The number of aromatic nitrogens is 3. The maximum absolute atomic E-state index is 5.17. The van der Waals surface area contributed by atoms with Crippen LogP contribution < -0.4 is 0 Å². The Kier molecular flexibility index (Phi) is 8.02. The van der Waals surface area contributed by atoms with Crippen molar-refractivity contribution in [1.82, 2.24) is 15.0 Å². The van der Waals surface area contributed by atoms with Crippen LogP contribution in [0.1, 0.15) is 25.0 Å². The molecule has 11 rings (SSSR count). The van der Waals surface area contributed by atoms with Gasteiger partial charge in [-0.15, -0.1) is 11.3 Å². The third kappa shape index (κ3) is 5.68. The Morgan fingerprint density at radius 2 is 0.810 bits per heavy atom. The minimum atomic E-state index is -0.117. The summed E-state index contributed by atoms with van der Waals surface area (Å²) >= 11 is 1.86. The molecule has 0 N–H and O–H groups in total. The first kappa shape index (κ1) is 34.3. The summed E-state index contributed by atoms with van der Waals surface area (Å²) in [6, 6.07) is 67.2. The normalized spacial score (nSPS) is 12.8. The smallest absolute Gasteiger partial charge is 0.164 e. The van der Waals surface area contributed by atoms with Gasteiger partial charge in [0, 0.05) is 42.3 Å². The quantitative estimate of drug-likeness (QED) is 0.169. The molecule has 1 aliphatic carbocycles. The Balaban J connectivity index is 0.904. The molecule has 0 unspecified atom stereocenters. The van der Waals surface area contributed by atoms with E-state index >= 15 is 0 Å². The summed E-state index contributed by atoms with van der Waals surface area (Å²) in [4.78, 5) is 15.3. The zero-order valence-electron chi connectivity index (χ0n) is 32.1. The predicted molar refractivity (Wildman–Crippen MR) is 243 cm³/mol. The number of fused-ring (bicyclic) bond motifs is 6. The topological polar surface area (TPSA) is 38.7 Å². The van der Waals surface area contributed by atoms with Gasteiger partial charge in [-0.05, 0) is 67.8 Å². The molecule has 274 valence electrons. The van der Waals surface area contributed by atoms with Crippen LogP contribution in [0.25, 0.3) is 98.8 Å². The van der Waals surface area contributed by atoms with Gasteiger partial charge in [-0.25, -0.2) is 15.0 Å². The van der Waals surface area contributed by atoms with E-state index in [1.54, 1.807) is 0 Å². The predicted octanol–water partition coefficient (Wildman–Crippen LogP) is 14.5. The fourth-order valence-corrected chi connectivity index (χ4v) is 9.94. The van der Waals surface area contributed by atoms with Crippen LogP contribution in [0.5, 0.6) is 0 Å². The second kappa shape index (κ2) is 13.6. The van der Waals surface area contributed by atoms with Crippen LogP contribution in [-0.2, 0) is 5.41 Å². The van der Waals surface area contributed by atoms with Gasteiger partial charge in [0.2, 0.25) is 0 Å². The highest BCUT2D eigenvalue weighted by Gasteiger charge is 2.37. The lowest BCUT2D eigenvalue weighted by Crippen LogP contribution is -2.14. The van der Waals surface area contributed by atoms with Crippen molar-refractivity contribution < 1.29 is 0 Å². The molecule has 0 saturated carbocycles. The van der Waals surface area contributed by atoms with E-state index < -0.39 is 0 Å². The number of nitrogens with zero attached hydrogens (tertiary/aromatic N) is 3. The summed E-state index contributed by atoms with van der Waals surface area (Å²) in [5.74, 6) is 1.99. The molecule has 3 nitrogen and oxygen atoms in total. The summed E-state index contributed by atoms with van der Waals surface area (Å²) in [5, 5.41) is 2.67. The van der Waals surface area contributed by atoms with Gasteiger partial charge in [-0.2, -0.15) is 0 Å². The molecule has 2 aromatic heterocycles. The average Bonchev–Trinajstić information content (AvgIpc) is 3.79. The van der Waals surface area contributed by atoms with Crippen LogP contribution in [0.3, 0.4) is 0 Å². The van der Waals surface area contributed by atoms with E-state index in [2.05, 4.69) is 184 Å². The lowest BCUT2D eigenvalue weighted by Gasteiger charge is -2.21. The summed E-state index contributed by atoms with van der Waals surface area (Å²) in [6.07, 6.45) is 0. The van der Waals surface area contributed by atoms with Crippen LogP contribution in [-0.4, -0.2) is 15.0 Å². The summed E-state index contributed by atoms with van der Waals surface area (Å²) in [7, 11) is 0. The Labute approximate surface area is 342 Å². The molecule has 1 aliphatic rings. The van der Waals surface area contributed by atoms with Crippen molar-refractivity contribution in [3.05, 3.63) is 199 Å². The Morgan fingerprint density at radius 3 is 1.50 bits per heavy atom. The van der Waals surface area contributed by atoms with Crippen LogP contribution in [0.15, 0.2) is 188 Å². The Hall–Kier alpha value is -7.01. The van der Waals surface area contributed by atoms with E-state index in [1.807, 2.05) is 29.5 Å². The van der Waals surface area contributed by atoms with Crippen molar-refractivity contribution in [2.24, 2.45) is 0 Å². The first-order chi connectivity index (χ1) is 28.5. The molecule has 0 spiro atoms. The maximum atomic E-state index is 5.17. The number of thiophene rings is 1. The van der Waals surface area contributed by atoms with Gasteiger partial charge < -0.3 is 0 Å². The first-order valence-electron chi connectivity index (χ1n) is 19.8. The van der Waals surface area contributed by atoms with E-state index in [4.69, 9.17) is 15.0 Å². The van der Waals surface area contributed by atoms with Crippen LogP contribution >= 0.6 is 11.3 Å². The van der Waals surface area contributed by atoms with E-state index in [0.717, 1.165) is 27.8 Å². The molecule has 0 radical (unpaired) electrons. The molecule has 0 aliphatic heterocycles. The van der Waals surface area contributed by atoms with Gasteiger partial charge in [0.25, 0.3) is 0 Å². The lowest BCUT2D eigenvalue weighted by atomic mass is 9.82. The van der Waals surface area contributed by atoms with Gasteiger partial charge in [0.15, 0.2) is 17.5 Å². The highest BCUT2D eigenvalue weighted by molar-refractivity contribution is 7.25. The standard InChI is InChI=1S/C54H37N3S/c1-54(2)45-18-8-6-14-42(45)49-44(17-10-19-46(49)54)53-56-51(39-12-4-3-5-13-39)55-52(57-53)40-32-28-37(29-33-40)35-24-22-34(23-25-35)36-26-30-38(31-27-36)41-16-11-21-48-50(41)43-15-7-9-20-47(43)58-48/h3-33H,1-2H3. The fraction of sp³-hybridized carbons (Fsp3) is 0.0556. The molecule has 8 aromatic carbocycles. The minimum absolute atomic E-state index is 0.117. The van der Waals surface area contributed by atoms with Crippen molar-refractivity contribution in [3.63, 3.8) is 0 Å². The highest BCUT2D eigenvalue weighted by atomic mass is 32.1. The molecular weight excluding hydrogens is 723 g/mol. The molecule has 0 bridgehead atoms. The molecule has 0 saturated heterocycles. The SMILES string of the molecule is CC1(C)c2ccccc2-c2c(-c3nc(-c4ccccc4)nc(-c4ccc(-c5ccc(-c6ccc(-c7cccc8sc9ccccc9c78)cc6)cc5)cc4)n3)cccc21. The molecule has 4 heteroatoms. The molecule has 2 heterocycles. The van der Waals surface area contributed by atoms with Crippen LogP contribution in [0.4, 0.5) is 0 Å². The summed E-state index contributed by atoms with van der Waals surface area (Å²) in [5.41, 5.74) is 15.1. The lowest BCUT2D eigenvalue weighted by molar-refractivity contribution is 0.660. The Bertz CT molecular complexity index is 3160. The van der Waals surface area contributed by atoms with Gasteiger partial charge in [0.05, 0.1) is 0 Å². The van der Waals surface area contributed by atoms with E-state index in [9.17, 15) is 0 Å². The number of hydrogen-bond donors (Lipinski definition) is 0. The van der Waals surface area contributed by atoms with Crippen LogP contribution in [0.2, 0.25) is 0 Å². The second-order valence-corrected chi connectivity index (χ2v) is 16.7. The molecular formula is C54H37N3S. The highest BCUT2D eigenvalue weighted by Crippen LogP contribution is 2.51. The van der Waals surface area contributed by atoms with Gasteiger partial charge in [0.1, 0.15) is 0 Å². The monoisotopic (exact) mass is 759 g/mol. The third-order valence-corrected chi connectivity index (χ3v) is 12.9. The molecule has 0 fully saturated rings.